The molecule has 0 fully saturated rings. The van der Waals surface area contributed by atoms with Gasteiger partial charge in [0.25, 0.3) is 0 Å². The summed E-state index contributed by atoms with van der Waals surface area (Å²) in [5.41, 5.74) is 1.70. The Labute approximate surface area is 178 Å². The number of hydrogen-bond acceptors (Lipinski definition) is 7. The van der Waals surface area contributed by atoms with Crippen LogP contribution in [0.1, 0.15) is 42.5 Å². The van der Waals surface area contributed by atoms with Gasteiger partial charge in [-0.1, -0.05) is 12.1 Å². The van der Waals surface area contributed by atoms with Crippen LogP contribution in [0.4, 0.5) is 0 Å². The predicted octanol–water partition coefficient (Wildman–Crippen LogP) is 2.64. The van der Waals surface area contributed by atoms with Crippen molar-refractivity contribution in [2.45, 2.75) is 18.7 Å². The Balaban J connectivity index is 2.09. The molecule has 1 aromatic heterocycles. The molecule has 30 heavy (non-hydrogen) atoms. The number of nitrogens with one attached hydrogen (secondary N) is 1. The zero-order valence-electron chi connectivity index (χ0n) is 17.5. The van der Waals surface area contributed by atoms with Crippen LogP contribution in [0.3, 0.4) is 0 Å². The molecule has 0 radical (unpaired) electrons. The highest BCUT2D eigenvalue weighted by atomic mass is 32.2. The molecular formula is C21H24N2O6S. The van der Waals surface area contributed by atoms with Gasteiger partial charge in [-0.25, -0.2) is 9.59 Å². The quantitative estimate of drug-likeness (QED) is 0.388. The number of esters is 2. The Kier molecular flexibility index (Phi) is 7.82. The summed E-state index contributed by atoms with van der Waals surface area (Å²) in [6.45, 7) is 2.79. The molecule has 1 amide bonds. The van der Waals surface area contributed by atoms with Gasteiger partial charge in [0, 0.05) is 24.7 Å². The Morgan fingerprint density at radius 2 is 1.73 bits per heavy atom. The van der Waals surface area contributed by atoms with E-state index in [1.807, 2.05) is 0 Å². The molecule has 0 unspecified atom stereocenters. The zero-order chi connectivity index (χ0) is 22.4. The molecule has 2 rings (SSSR count). The minimum absolute atomic E-state index is 0.0858. The molecule has 0 aliphatic heterocycles. The van der Waals surface area contributed by atoms with E-state index in [1.165, 1.54) is 23.8 Å². The van der Waals surface area contributed by atoms with E-state index in [0.29, 0.717) is 21.7 Å². The van der Waals surface area contributed by atoms with Gasteiger partial charge in [-0.2, -0.15) is 0 Å². The number of amides is 1. The van der Waals surface area contributed by atoms with Gasteiger partial charge in [-0.3, -0.25) is 9.59 Å². The highest BCUT2D eigenvalue weighted by Crippen LogP contribution is 2.24. The highest BCUT2D eigenvalue weighted by molar-refractivity contribution is 8.00. The summed E-state index contributed by atoms with van der Waals surface area (Å²) >= 11 is 1.22. The second-order valence-corrected chi connectivity index (χ2v) is 7.71. The number of ether oxygens (including phenoxy) is 2. The lowest BCUT2D eigenvalue weighted by atomic mass is 10.1. The summed E-state index contributed by atoms with van der Waals surface area (Å²) in [4.78, 5) is 53.6. The topological polar surface area (TPSA) is 106 Å². The normalized spacial score (nSPS) is 10.4. The molecule has 2 aromatic rings. The number of hydrogen-bond donors (Lipinski definition) is 1. The van der Waals surface area contributed by atoms with E-state index in [-0.39, 0.29) is 22.9 Å². The van der Waals surface area contributed by atoms with E-state index < -0.39 is 24.3 Å². The molecule has 0 aliphatic rings. The number of Topliss-reactive ketones (excluding diaryl/α,β-unsaturated/α-hetero) is 1. The van der Waals surface area contributed by atoms with Crippen LogP contribution < -0.4 is 0 Å². The second kappa shape index (κ2) is 10.1. The van der Waals surface area contributed by atoms with Gasteiger partial charge in [0.1, 0.15) is 0 Å². The van der Waals surface area contributed by atoms with Crippen LogP contribution in [-0.2, 0) is 14.3 Å². The number of benzene rings is 1. The van der Waals surface area contributed by atoms with Crippen molar-refractivity contribution in [1.82, 2.24) is 9.88 Å². The molecule has 9 heteroatoms. The first-order valence-electron chi connectivity index (χ1n) is 9.07. The molecule has 0 saturated heterocycles. The van der Waals surface area contributed by atoms with Gasteiger partial charge in [-0.15, -0.1) is 11.8 Å². The molecule has 0 spiro atoms. The zero-order valence-corrected chi connectivity index (χ0v) is 18.3. The number of H-pyrrole nitrogens is 1. The van der Waals surface area contributed by atoms with E-state index in [0.717, 1.165) is 0 Å². The number of carbonyl (C=O) groups is 4. The number of nitrogens with zero attached hydrogens (tertiary/aromatic N) is 1. The van der Waals surface area contributed by atoms with E-state index in [9.17, 15) is 19.2 Å². The van der Waals surface area contributed by atoms with Crippen LogP contribution in [0.2, 0.25) is 0 Å². The molecule has 0 saturated carbocycles. The molecule has 1 N–H and O–H groups in total. The highest BCUT2D eigenvalue weighted by Gasteiger charge is 2.23. The first-order valence-corrected chi connectivity index (χ1v) is 10.1. The lowest BCUT2D eigenvalue weighted by Crippen LogP contribution is -2.23. The minimum atomic E-state index is -0.669. The first kappa shape index (κ1) is 23.2. The Hall–Kier alpha value is -3.07. The lowest BCUT2D eigenvalue weighted by molar-refractivity contribution is -0.125. The lowest BCUT2D eigenvalue weighted by Gasteiger charge is -2.11. The van der Waals surface area contributed by atoms with Crippen LogP contribution in [0, 0.1) is 13.8 Å². The maximum Gasteiger partial charge on any atom is 0.339 e. The third kappa shape index (κ3) is 5.29. The molecular weight excluding hydrogens is 408 g/mol. The monoisotopic (exact) mass is 432 g/mol. The van der Waals surface area contributed by atoms with Crippen LogP contribution in [0.15, 0.2) is 29.2 Å². The molecule has 160 valence electrons. The number of aryl methyl sites for hydroxylation is 1. The van der Waals surface area contributed by atoms with Gasteiger partial charge in [0.2, 0.25) is 11.7 Å². The summed E-state index contributed by atoms with van der Waals surface area (Å²) in [6.07, 6.45) is 0. The molecule has 8 nitrogen and oxygen atoms in total. The van der Waals surface area contributed by atoms with Crippen LogP contribution in [0.25, 0.3) is 0 Å². The predicted molar refractivity (Wildman–Crippen MR) is 112 cm³/mol. The standard InChI is InChI=1S/C21H24N2O6S/c1-12-18(21(27)28-5)13(2)22-19(12)15(24)10-29-20(26)14-8-6-7-9-16(14)30-11-17(25)23(3)4/h6-9,22H,10-11H2,1-5H3. The molecule has 0 bridgehead atoms. The van der Waals surface area contributed by atoms with Crippen molar-refractivity contribution in [2.75, 3.05) is 33.6 Å². The van der Waals surface area contributed by atoms with Crippen molar-refractivity contribution in [3.8, 4) is 0 Å². The van der Waals surface area contributed by atoms with Gasteiger partial charge < -0.3 is 19.4 Å². The number of carbonyl (C=O) groups excluding carboxylic acids is 4. The minimum Gasteiger partial charge on any atom is -0.465 e. The van der Waals surface area contributed by atoms with Gasteiger partial charge in [-0.05, 0) is 31.5 Å². The number of aromatic amines is 1. The maximum absolute atomic E-state index is 12.5. The van der Waals surface area contributed by atoms with Crippen LogP contribution >= 0.6 is 11.8 Å². The molecule has 0 atom stereocenters. The fourth-order valence-corrected chi connectivity index (χ4v) is 3.77. The average molecular weight is 432 g/mol. The fourth-order valence-electron chi connectivity index (χ4n) is 2.75. The summed E-state index contributed by atoms with van der Waals surface area (Å²) in [7, 11) is 4.58. The van der Waals surface area contributed by atoms with Crippen molar-refractivity contribution in [2.24, 2.45) is 0 Å². The van der Waals surface area contributed by atoms with Crippen molar-refractivity contribution in [3.05, 3.63) is 52.3 Å². The van der Waals surface area contributed by atoms with E-state index in [2.05, 4.69) is 4.98 Å². The molecule has 0 aliphatic carbocycles. The second-order valence-electron chi connectivity index (χ2n) is 6.69. The summed E-state index contributed by atoms with van der Waals surface area (Å²) in [5.74, 6) is -1.59. The average Bonchev–Trinajstić information content (AvgIpc) is 3.03. The number of ketones is 1. The number of aromatic nitrogens is 1. The summed E-state index contributed by atoms with van der Waals surface area (Å²) in [6, 6.07) is 6.73. The summed E-state index contributed by atoms with van der Waals surface area (Å²) < 4.78 is 9.93. The van der Waals surface area contributed by atoms with E-state index >= 15 is 0 Å². The summed E-state index contributed by atoms with van der Waals surface area (Å²) in [5, 5.41) is 0. The maximum atomic E-state index is 12.5. The van der Waals surface area contributed by atoms with E-state index in [1.54, 1.807) is 52.2 Å². The van der Waals surface area contributed by atoms with Gasteiger partial charge in [0.15, 0.2) is 6.61 Å². The van der Waals surface area contributed by atoms with Gasteiger partial charge in [0.05, 0.1) is 29.7 Å². The molecule has 1 heterocycles. The van der Waals surface area contributed by atoms with Crippen molar-refractivity contribution in [1.29, 1.82) is 0 Å². The van der Waals surface area contributed by atoms with Gasteiger partial charge >= 0.3 is 11.9 Å². The Morgan fingerprint density at radius 1 is 1.07 bits per heavy atom. The number of rotatable bonds is 8. The Morgan fingerprint density at radius 3 is 2.37 bits per heavy atom. The fraction of sp³-hybridized carbons (Fsp3) is 0.333. The largest absolute Gasteiger partial charge is 0.465 e. The smallest absolute Gasteiger partial charge is 0.339 e. The molecule has 1 aromatic carbocycles. The van der Waals surface area contributed by atoms with Crippen LogP contribution in [-0.4, -0.2) is 67.1 Å². The number of thioether (sulfide) groups is 1. The van der Waals surface area contributed by atoms with Crippen LogP contribution in [0.5, 0.6) is 0 Å². The van der Waals surface area contributed by atoms with Crippen molar-refractivity contribution >= 4 is 35.4 Å². The van der Waals surface area contributed by atoms with Crippen molar-refractivity contribution < 1.29 is 28.7 Å². The number of methoxy groups -OCH3 is 1. The first-order chi connectivity index (χ1) is 14.2. The SMILES string of the molecule is COC(=O)c1c(C)[nH]c(C(=O)COC(=O)c2ccccc2SCC(=O)N(C)C)c1C. The van der Waals surface area contributed by atoms with Crippen molar-refractivity contribution in [3.63, 3.8) is 0 Å². The Bertz CT molecular complexity index is 980. The van der Waals surface area contributed by atoms with E-state index in [4.69, 9.17) is 9.47 Å². The third-order valence-corrected chi connectivity index (χ3v) is 5.46. The third-order valence-electron chi connectivity index (χ3n) is 4.40.